The maximum absolute atomic E-state index is 14.2. The lowest BCUT2D eigenvalue weighted by Crippen LogP contribution is -2.59. The molecule has 8 heteroatoms. The Morgan fingerprint density at radius 1 is 1.06 bits per heavy atom. The number of aliphatic hydroxyl groups is 1. The molecule has 1 aromatic carbocycles. The van der Waals surface area contributed by atoms with Crippen LogP contribution in [-0.4, -0.2) is 94.1 Å². The molecule has 0 radical (unpaired) electrons. The van der Waals surface area contributed by atoms with Crippen molar-refractivity contribution in [1.82, 2.24) is 14.7 Å². The van der Waals surface area contributed by atoms with Crippen molar-refractivity contribution in [2.75, 3.05) is 26.7 Å². The molecule has 4 aliphatic heterocycles. The number of ether oxygens (including phenoxy) is 1. The molecule has 4 heterocycles. The molecule has 0 aromatic heterocycles. The number of likely N-dealkylation sites (N-methyl/N-ethyl adjacent to an activating group) is 1. The molecule has 1 spiro atoms. The number of nitrogens with zero attached hydrogens (tertiary/aromatic N) is 3. The SMILES string of the molecule is CC(C)N1CC=C[C@]23O[C@H]4C=CCN(C)C(=O)[C@H]4[C@H]2C(=O)N([C@@H](CO)Cc2ccccc2)C3C1=O. The Hall–Kier alpha value is -2.97. The van der Waals surface area contributed by atoms with Crippen LogP contribution < -0.4 is 0 Å². The highest BCUT2D eigenvalue weighted by molar-refractivity contribution is 6.00. The maximum atomic E-state index is 14.2. The van der Waals surface area contributed by atoms with Gasteiger partial charge in [-0.2, -0.15) is 0 Å². The van der Waals surface area contributed by atoms with Crippen LogP contribution in [0.2, 0.25) is 0 Å². The number of carbonyl (C=O) groups is 3. The Bertz CT molecular complexity index is 1070. The zero-order valence-electron chi connectivity index (χ0n) is 20.4. The summed E-state index contributed by atoms with van der Waals surface area (Å²) in [4.78, 5) is 46.6. The number of fused-ring (bicyclic) bond motifs is 2. The van der Waals surface area contributed by atoms with E-state index in [4.69, 9.17) is 4.74 Å². The third kappa shape index (κ3) is 3.62. The highest BCUT2D eigenvalue weighted by Crippen LogP contribution is 2.54. The van der Waals surface area contributed by atoms with Crippen LogP contribution in [0.4, 0.5) is 0 Å². The lowest BCUT2D eigenvalue weighted by atomic mass is 9.77. The lowest BCUT2D eigenvalue weighted by Gasteiger charge is -2.39. The maximum Gasteiger partial charge on any atom is 0.249 e. The Kier molecular flexibility index (Phi) is 6.05. The van der Waals surface area contributed by atoms with Crippen LogP contribution in [0, 0.1) is 11.8 Å². The van der Waals surface area contributed by atoms with E-state index in [0.29, 0.717) is 19.5 Å². The van der Waals surface area contributed by atoms with Crippen LogP contribution >= 0.6 is 0 Å². The molecule has 8 nitrogen and oxygen atoms in total. The summed E-state index contributed by atoms with van der Waals surface area (Å²) < 4.78 is 6.59. The number of rotatable bonds is 5. The number of likely N-dealkylation sites (tertiary alicyclic amines) is 1. The Balaban J connectivity index is 1.63. The monoisotopic (exact) mass is 479 g/mol. The van der Waals surface area contributed by atoms with E-state index in [1.165, 1.54) is 4.90 Å². The van der Waals surface area contributed by atoms with Gasteiger partial charge in [-0.1, -0.05) is 54.6 Å². The molecule has 1 N–H and O–H groups in total. The summed E-state index contributed by atoms with van der Waals surface area (Å²) in [5, 5.41) is 10.5. The first-order chi connectivity index (χ1) is 16.8. The summed E-state index contributed by atoms with van der Waals surface area (Å²) >= 11 is 0. The quantitative estimate of drug-likeness (QED) is 0.637. The van der Waals surface area contributed by atoms with Crippen molar-refractivity contribution in [2.24, 2.45) is 11.8 Å². The molecule has 6 atom stereocenters. The first-order valence-corrected chi connectivity index (χ1v) is 12.3. The third-order valence-corrected chi connectivity index (χ3v) is 7.87. The minimum Gasteiger partial charge on any atom is -0.394 e. The molecule has 0 bridgehead atoms. The minimum atomic E-state index is -1.27. The normalized spacial score (nSPS) is 33.1. The topological polar surface area (TPSA) is 90.4 Å². The fourth-order valence-corrected chi connectivity index (χ4v) is 6.22. The summed E-state index contributed by atoms with van der Waals surface area (Å²) in [6.07, 6.45) is 7.26. The molecule has 2 saturated heterocycles. The first kappa shape index (κ1) is 23.8. The van der Waals surface area contributed by atoms with Gasteiger partial charge >= 0.3 is 0 Å². The predicted molar refractivity (Wildman–Crippen MR) is 129 cm³/mol. The first-order valence-electron chi connectivity index (χ1n) is 12.3. The zero-order valence-corrected chi connectivity index (χ0v) is 20.4. The molecule has 0 aliphatic carbocycles. The summed E-state index contributed by atoms with van der Waals surface area (Å²) in [6, 6.07) is 7.94. The van der Waals surface area contributed by atoms with E-state index in [2.05, 4.69) is 0 Å². The van der Waals surface area contributed by atoms with E-state index in [1.54, 1.807) is 16.8 Å². The van der Waals surface area contributed by atoms with Crippen LogP contribution in [0.25, 0.3) is 0 Å². The predicted octanol–water partition coefficient (Wildman–Crippen LogP) is 1.01. The molecule has 3 amide bonds. The average molecular weight is 480 g/mol. The molecule has 4 aliphatic rings. The molecule has 5 rings (SSSR count). The Morgan fingerprint density at radius 2 is 1.80 bits per heavy atom. The Morgan fingerprint density at radius 3 is 2.49 bits per heavy atom. The minimum absolute atomic E-state index is 0.0838. The van der Waals surface area contributed by atoms with E-state index in [0.717, 1.165) is 5.56 Å². The van der Waals surface area contributed by atoms with E-state index >= 15 is 0 Å². The van der Waals surface area contributed by atoms with Crippen molar-refractivity contribution in [3.8, 4) is 0 Å². The summed E-state index contributed by atoms with van der Waals surface area (Å²) in [7, 11) is 1.72. The Labute approximate surface area is 205 Å². The van der Waals surface area contributed by atoms with E-state index in [-0.39, 0.29) is 30.4 Å². The molecule has 35 heavy (non-hydrogen) atoms. The van der Waals surface area contributed by atoms with Crippen molar-refractivity contribution in [3.63, 3.8) is 0 Å². The van der Waals surface area contributed by atoms with Crippen molar-refractivity contribution >= 4 is 17.7 Å². The van der Waals surface area contributed by atoms with Gasteiger partial charge in [0.15, 0.2) is 0 Å². The number of carbonyl (C=O) groups excluding carboxylic acids is 3. The summed E-state index contributed by atoms with van der Waals surface area (Å²) in [5.41, 5.74) is -0.315. The second-order valence-corrected chi connectivity index (χ2v) is 10.2. The van der Waals surface area contributed by atoms with Gasteiger partial charge in [-0.25, -0.2) is 0 Å². The summed E-state index contributed by atoms with van der Waals surface area (Å²) in [5.74, 6) is -2.25. The van der Waals surface area contributed by atoms with Crippen molar-refractivity contribution < 1.29 is 24.2 Å². The second-order valence-electron chi connectivity index (χ2n) is 10.2. The number of amides is 3. The van der Waals surface area contributed by atoms with Crippen LogP contribution in [0.3, 0.4) is 0 Å². The van der Waals surface area contributed by atoms with Gasteiger partial charge in [0.1, 0.15) is 11.6 Å². The second kappa shape index (κ2) is 8.91. The van der Waals surface area contributed by atoms with Crippen LogP contribution in [0.15, 0.2) is 54.6 Å². The standard InChI is InChI=1S/C27H33N3O5/c1-17(2)29-14-8-12-27-22(21-20(35-27)11-7-13-28(3)24(21)32)25(33)30(23(27)26(29)34)19(16-31)15-18-9-5-4-6-10-18/h4-12,17,19-23,31H,13-16H2,1-3H3/t19-,20+,21-,22+,23?,27+/m1/s1. The number of aliphatic hydroxyl groups excluding tert-OH is 1. The molecule has 0 saturated carbocycles. The molecule has 2 fully saturated rings. The van der Waals surface area contributed by atoms with Crippen molar-refractivity contribution in [3.05, 3.63) is 60.2 Å². The van der Waals surface area contributed by atoms with Gasteiger partial charge in [-0.05, 0) is 25.8 Å². The van der Waals surface area contributed by atoms with Crippen LogP contribution in [0.5, 0.6) is 0 Å². The van der Waals surface area contributed by atoms with Gasteiger partial charge < -0.3 is 24.5 Å². The molecule has 1 aromatic rings. The fourth-order valence-electron chi connectivity index (χ4n) is 6.22. The van der Waals surface area contributed by atoms with Crippen molar-refractivity contribution in [1.29, 1.82) is 0 Å². The summed E-state index contributed by atoms with van der Waals surface area (Å²) in [6.45, 7) is 4.42. The largest absolute Gasteiger partial charge is 0.394 e. The van der Waals surface area contributed by atoms with Gasteiger partial charge in [0.25, 0.3) is 0 Å². The number of hydrogen-bond acceptors (Lipinski definition) is 5. The van der Waals surface area contributed by atoms with E-state index in [9.17, 15) is 19.5 Å². The lowest BCUT2D eigenvalue weighted by molar-refractivity contribution is -0.152. The van der Waals surface area contributed by atoms with E-state index < -0.39 is 35.6 Å². The highest BCUT2D eigenvalue weighted by atomic mass is 16.5. The van der Waals surface area contributed by atoms with Crippen LogP contribution in [0.1, 0.15) is 19.4 Å². The molecule has 1 unspecified atom stereocenters. The van der Waals surface area contributed by atoms with Gasteiger partial charge in [0.2, 0.25) is 17.7 Å². The number of hydrogen-bond donors (Lipinski definition) is 1. The fraction of sp³-hybridized carbons (Fsp3) is 0.519. The molecule has 186 valence electrons. The average Bonchev–Trinajstić information content (AvgIpc) is 3.17. The zero-order chi connectivity index (χ0) is 24.9. The van der Waals surface area contributed by atoms with Gasteiger partial charge in [-0.15, -0.1) is 0 Å². The van der Waals surface area contributed by atoms with E-state index in [1.807, 2.05) is 68.5 Å². The van der Waals surface area contributed by atoms with Crippen LogP contribution in [-0.2, 0) is 25.5 Å². The van der Waals surface area contributed by atoms with Gasteiger partial charge in [0.05, 0.1) is 30.6 Å². The third-order valence-electron chi connectivity index (χ3n) is 7.87. The molecular formula is C27H33N3O5. The van der Waals surface area contributed by atoms with Crippen molar-refractivity contribution in [2.45, 2.75) is 50.1 Å². The smallest absolute Gasteiger partial charge is 0.249 e. The van der Waals surface area contributed by atoms with Gasteiger partial charge in [-0.3, -0.25) is 14.4 Å². The highest BCUT2D eigenvalue weighted by Gasteiger charge is 2.72. The van der Waals surface area contributed by atoms with Gasteiger partial charge in [0, 0.05) is 26.2 Å². The number of benzene rings is 1. The molecular weight excluding hydrogens is 446 g/mol.